The third-order valence-electron chi connectivity index (χ3n) is 12.0. The van der Waals surface area contributed by atoms with Crippen molar-refractivity contribution in [2.45, 2.75) is 283 Å². The van der Waals surface area contributed by atoms with E-state index in [1.807, 2.05) is 6.08 Å². The molecule has 2 atom stereocenters. The molecular weight excluding hydrogens is 735 g/mol. The Morgan fingerprint density at radius 2 is 0.700 bits per heavy atom. The number of carbonyl (C=O) groups is 1. The van der Waals surface area contributed by atoms with Gasteiger partial charge < -0.3 is 15.5 Å². The molecule has 0 saturated carbocycles. The smallest absolute Gasteiger partial charge is 0.220 e. The Kier molecular flexibility index (Phi) is 49.8. The number of aliphatic hydroxyl groups is 2. The summed E-state index contributed by atoms with van der Waals surface area (Å²) in [6.45, 7) is 4.30. The average Bonchev–Trinajstić information content (AvgIpc) is 3.25. The molecule has 0 aromatic rings. The second kappa shape index (κ2) is 51.4. The standard InChI is InChI=1S/C56H103NO3/c1-3-5-7-9-11-13-15-17-19-21-23-25-26-27-28-29-30-32-33-35-37-39-41-43-45-47-49-51-55(59)54(53-58)57-56(60)52-50-48-46-44-42-40-38-36-34-31-24-22-20-18-16-14-12-10-8-6-4-2/h16,18,22,24,33,35,41,43,49,51,54-55,58-59H,3-15,17,19-21,23,25-32,34,36-40,42,44-48,50,52-53H2,1-2H3,(H,57,60)/b18-16-,24-22-,35-33+,43-41+,51-49+. The molecule has 0 bridgehead atoms. The van der Waals surface area contributed by atoms with E-state index in [1.165, 1.54) is 205 Å². The second-order valence-corrected chi connectivity index (χ2v) is 17.9. The number of allylic oxidation sites excluding steroid dienone is 9. The summed E-state index contributed by atoms with van der Waals surface area (Å²) in [5.74, 6) is -0.0819. The number of unbranched alkanes of at least 4 members (excludes halogenated alkanes) is 33. The number of hydrogen-bond acceptors (Lipinski definition) is 3. The minimum absolute atomic E-state index is 0.0819. The van der Waals surface area contributed by atoms with Gasteiger partial charge in [0.2, 0.25) is 5.91 Å². The molecule has 0 aliphatic rings. The molecule has 4 heteroatoms. The lowest BCUT2D eigenvalue weighted by atomic mass is 10.0. The number of hydrogen-bond donors (Lipinski definition) is 3. The first kappa shape index (κ1) is 58.1. The summed E-state index contributed by atoms with van der Waals surface area (Å²) in [4.78, 5) is 12.4. The Bertz CT molecular complexity index is 996. The lowest BCUT2D eigenvalue weighted by Crippen LogP contribution is -2.45. The Labute approximate surface area is 375 Å². The number of nitrogens with one attached hydrogen (secondary N) is 1. The van der Waals surface area contributed by atoms with Gasteiger partial charge in [-0.05, 0) is 77.0 Å². The largest absolute Gasteiger partial charge is 0.394 e. The van der Waals surface area contributed by atoms with Gasteiger partial charge in [-0.3, -0.25) is 4.79 Å². The lowest BCUT2D eigenvalue weighted by Gasteiger charge is -2.19. The highest BCUT2D eigenvalue weighted by molar-refractivity contribution is 5.76. The number of rotatable bonds is 48. The van der Waals surface area contributed by atoms with Gasteiger partial charge in [0, 0.05) is 6.42 Å². The monoisotopic (exact) mass is 838 g/mol. The van der Waals surface area contributed by atoms with E-state index in [0.717, 1.165) is 44.9 Å². The Balaban J connectivity index is 3.60. The third-order valence-corrected chi connectivity index (χ3v) is 12.0. The first-order chi connectivity index (χ1) is 29.7. The molecule has 0 rings (SSSR count). The molecule has 2 unspecified atom stereocenters. The van der Waals surface area contributed by atoms with Gasteiger partial charge in [-0.25, -0.2) is 0 Å². The van der Waals surface area contributed by atoms with Crippen molar-refractivity contribution in [1.29, 1.82) is 0 Å². The maximum atomic E-state index is 12.4. The van der Waals surface area contributed by atoms with Crippen LogP contribution in [0.1, 0.15) is 271 Å². The van der Waals surface area contributed by atoms with Crippen LogP contribution in [0.4, 0.5) is 0 Å². The minimum atomic E-state index is -0.875. The van der Waals surface area contributed by atoms with Crippen LogP contribution in [0.5, 0.6) is 0 Å². The predicted octanol–water partition coefficient (Wildman–Crippen LogP) is 17.2. The van der Waals surface area contributed by atoms with Gasteiger partial charge >= 0.3 is 0 Å². The minimum Gasteiger partial charge on any atom is -0.394 e. The van der Waals surface area contributed by atoms with Crippen molar-refractivity contribution < 1.29 is 15.0 Å². The van der Waals surface area contributed by atoms with Crippen molar-refractivity contribution in [1.82, 2.24) is 5.32 Å². The van der Waals surface area contributed by atoms with E-state index in [1.54, 1.807) is 6.08 Å². The van der Waals surface area contributed by atoms with Gasteiger partial charge in [-0.2, -0.15) is 0 Å². The molecule has 0 fully saturated rings. The van der Waals surface area contributed by atoms with Crippen molar-refractivity contribution in [3.05, 3.63) is 60.8 Å². The molecule has 60 heavy (non-hydrogen) atoms. The molecule has 0 aliphatic heterocycles. The van der Waals surface area contributed by atoms with E-state index < -0.39 is 12.1 Å². The maximum Gasteiger partial charge on any atom is 0.220 e. The van der Waals surface area contributed by atoms with Gasteiger partial charge in [0.25, 0.3) is 0 Å². The van der Waals surface area contributed by atoms with Crippen LogP contribution in [0.25, 0.3) is 0 Å². The first-order valence-corrected chi connectivity index (χ1v) is 26.5. The van der Waals surface area contributed by atoms with E-state index in [0.29, 0.717) is 6.42 Å². The van der Waals surface area contributed by atoms with Gasteiger partial charge in [-0.15, -0.1) is 0 Å². The molecule has 3 N–H and O–H groups in total. The van der Waals surface area contributed by atoms with Crippen molar-refractivity contribution in [3.63, 3.8) is 0 Å². The highest BCUT2D eigenvalue weighted by Gasteiger charge is 2.17. The molecule has 350 valence electrons. The van der Waals surface area contributed by atoms with E-state index >= 15 is 0 Å². The van der Waals surface area contributed by atoms with Gasteiger partial charge in [0.15, 0.2) is 0 Å². The third kappa shape index (κ3) is 47.1. The van der Waals surface area contributed by atoms with E-state index in [-0.39, 0.29) is 12.5 Å². The van der Waals surface area contributed by atoms with Crippen LogP contribution in [-0.4, -0.2) is 34.9 Å². The highest BCUT2D eigenvalue weighted by atomic mass is 16.3. The highest BCUT2D eigenvalue weighted by Crippen LogP contribution is 2.16. The zero-order valence-electron chi connectivity index (χ0n) is 40.2. The Morgan fingerprint density at radius 3 is 1.07 bits per heavy atom. The van der Waals surface area contributed by atoms with Crippen LogP contribution in [0.15, 0.2) is 60.8 Å². The van der Waals surface area contributed by atoms with Crippen molar-refractivity contribution >= 4 is 5.91 Å². The quantitative estimate of drug-likeness (QED) is 0.0422. The van der Waals surface area contributed by atoms with Crippen LogP contribution in [0.3, 0.4) is 0 Å². The summed E-state index contributed by atoms with van der Waals surface area (Å²) < 4.78 is 0. The zero-order chi connectivity index (χ0) is 43.5. The molecule has 0 aromatic carbocycles. The maximum absolute atomic E-state index is 12.4. The lowest BCUT2D eigenvalue weighted by molar-refractivity contribution is -0.123. The van der Waals surface area contributed by atoms with Crippen molar-refractivity contribution in [3.8, 4) is 0 Å². The van der Waals surface area contributed by atoms with Gasteiger partial charge in [0.05, 0.1) is 18.8 Å². The summed E-state index contributed by atoms with van der Waals surface area (Å²) in [6.07, 6.45) is 72.2. The number of aliphatic hydroxyl groups excluding tert-OH is 2. The summed E-state index contributed by atoms with van der Waals surface area (Å²) >= 11 is 0. The SMILES string of the molecule is CCCCCCC/C=C\C/C=C\CCCCCCCCCCCC(=O)NC(CO)C(O)/C=C/CC/C=C/CC/C=C/CCCCCCCCCCCCCCCCCCC. The van der Waals surface area contributed by atoms with E-state index in [2.05, 4.69) is 67.8 Å². The molecule has 0 saturated heterocycles. The molecule has 0 aromatic heterocycles. The summed E-state index contributed by atoms with van der Waals surface area (Å²) in [6, 6.07) is -0.651. The van der Waals surface area contributed by atoms with Crippen LogP contribution in [0, 0.1) is 0 Å². The summed E-state index contributed by atoms with van der Waals surface area (Å²) in [5.41, 5.74) is 0. The Morgan fingerprint density at radius 1 is 0.400 bits per heavy atom. The van der Waals surface area contributed by atoms with Crippen LogP contribution in [-0.2, 0) is 4.79 Å². The molecule has 1 amide bonds. The van der Waals surface area contributed by atoms with Crippen LogP contribution >= 0.6 is 0 Å². The first-order valence-electron chi connectivity index (χ1n) is 26.5. The van der Waals surface area contributed by atoms with Crippen molar-refractivity contribution in [2.24, 2.45) is 0 Å². The summed E-state index contributed by atoms with van der Waals surface area (Å²) in [5, 5.41) is 23.1. The normalized spacial score (nSPS) is 13.3. The molecule has 0 heterocycles. The second-order valence-electron chi connectivity index (χ2n) is 17.9. The molecule has 4 nitrogen and oxygen atoms in total. The topological polar surface area (TPSA) is 69.6 Å². The number of amides is 1. The van der Waals surface area contributed by atoms with E-state index in [4.69, 9.17) is 0 Å². The van der Waals surface area contributed by atoms with Crippen molar-refractivity contribution in [2.75, 3.05) is 6.61 Å². The fraction of sp³-hybridized carbons (Fsp3) is 0.804. The fourth-order valence-electron chi connectivity index (χ4n) is 7.89. The van der Waals surface area contributed by atoms with Crippen LogP contribution < -0.4 is 5.32 Å². The Hall–Kier alpha value is -1.91. The van der Waals surface area contributed by atoms with Gasteiger partial charge in [-0.1, -0.05) is 248 Å². The zero-order valence-corrected chi connectivity index (χ0v) is 40.2. The summed E-state index contributed by atoms with van der Waals surface area (Å²) in [7, 11) is 0. The molecule has 0 spiro atoms. The van der Waals surface area contributed by atoms with E-state index in [9.17, 15) is 15.0 Å². The molecule has 0 aliphatic carbocycles. The van der Waals surface area contributed by atoms with Crippen LogP contribution in [0.2, 0.25) is 0 Å². The van der Waals surface area contributed by atoms with Gasteiger partial charge in [0.1, 0.15) is 0 Å². The number of carbonyl (C=O) groups excluding carboxylic acids is 1. The molecule has 0 radical (unpaired) electrons. The predicted molar refractivity (Wildman–Crippen MR) is 267 cm³/mol. The molecular formula is C56H103NO3. The average molecular weight is 838 g/mol. The fourth-order valence-corrected chi connectivity index (χ4v) is 7.89.